The molecule has 122 valence electrons. The number of para-hydroxylation sites is 1. The molecular weight excluding hydrogens is 288 g/mol. The van der Waals surface area contributed by atoms with Crippen molar-refractivity contribution in [3.63, 3.8) is 0 Å². The van der Waals surface area contributed by atoms with E-state index in [2.05, 4.69) is 10.6 Å². The largest absolute Gasteiger partial charge is 0.494 e. The zero-order valence-corrected chi connectivity index (χ0v) is 14.1. The second-order valence-corrected chi connectivity index (χ2v) is 5.58. The molecular formula is C19H24N2O2. The van der Waals surface area contributed by atoms with Crippen molar-refractivity contribution in [2.75, 3.05) is 17.2 Å². The second-order valence-electron chi connectivity index (χ2n) is 5.58. The van der Waals surface area contributed by atoms with Crippen LogP contribution in [0, 0.1) is 13.8 Å². The van der Waals surface area contributed by atoms with Crippen LogP contribution < -0.4 is 15.4 Å². The van der Waals surface area contributed by atoms with E-state index in [1.807, 2.05) is 70.2 Å². The topological polar surface area (TPSA) is 50.4 Å². The summed E-state index contributed by atoms with van der Waals surface area (Å²) in [5, 5.41) is 6.21. The highest BCUT2D eigenvalue weighted by Crippen LogP contribution is 2.20. The number of hydrogen-bond acceptors (Lipinski definition) is 3. The quantitative estimate of drug-likeness (QED) is 0.843. The highest BCUT2D eigenvalue weighted by Gasteiger charge is 2.14. The zero-order chi connectivity index (χ0) is 16.8. The maximum Gasteiger partial charge on any atom is 0.246 e. The number of hydrogen-bond donors (Lipinski definition) is 2. The average Bonchev–Trinajstić information content (AvgIpc) is 2.53. The molecule has 0 heterocycles. The lowest BCUT2D eigenvalue weighted by Gasteiger charge is -2.17. The van der Waals surface area contributed by atoms with Gasteiger partial charge in [0.15, 0.2) is 0 Å². The van der Waals surface area contributed by atoms with Crippen LogP contribution in [-0.4, -0.2) is 18.6 Å². The minimum absolute atomic E-state index is 0.0590. The van der Waals surface area contributed by atoms with E-state index in [0.29, 0.717) is 6.61 Å². The molecule has 23 heavy (non-hydrogen) atoms. The molecule has 0 aromatic heterocycles. The Bertz CT molecular complexity index is 645. The molecule has 2 aromatic rings. The number of amides is 1. The summed E-state index contributed by atoms with van der Waals surface area (Å²) in [4.78, 5) is 12.4. The first-order valence-electron chi connectivity index (χ1n) is 7.87. The van der Waals surface area contributed by atoms with Gasteiger partial charge in [0.2, 0.25) is 5.91 Å². The number of carbonyl (C=O) groups is 1. The molecule has 0 saturated heterocycles. The van der Waals surface area contributed by atoms with Crippen molar-refractivity contribution in [1.29, 1.82) is 0 Å². The molecule has 0 fully saturated rings. The van der Waals surface area contributed by atoms with E-state index in [9.17, 15) is 4.79 Å². The fourth-order valence-corrected chi connectivity index (χ4v) is 2.37. The number of carbonyl (C=O) groups excluding carboxylic acids is 1. The van der Waals surface area contributed by atoms with Crippen LogP contribution in [0.15, 0.2) is 42.5 Å². The van der Waals surface area contributed by atoms with E-state index >= 15 is 0 Å². The Kier molecular flexibility index (Phi) is 5.63. The van der Waals surface area contributed by atoms with Gasteiger partial charge in [-0.3, -0.25) is 4.79 Å². The molecule has 0 saturated carbocycles. The summed E-state index contributed by atoms with van der Waals surface area (Å²) in [5.41, 5.74) is 3.90. The number of rotatable bonds is 6. The van der Waals surface area contributed by atoms with Crippen molar-refractivity contribution in [2.24, 2.45) is 0 Å². The molecule has 0 aliphatic carbocycles. The Hall–Kier alpha value is -2.49. The van der Waals surface area contributed by atoms with Crippen LogP contribution >= 0.6 is 0 Å². The number of aryl methyl sites for hydroxylation is 2. The van der Waals surface area contributed by atoms with Gasteiger partial charge in [-0.25, -0.2) is 0 Å². The van der Waals surface area contributed by atoms with Crippen LogP contribution in [0.2, 0.25) is 0 Å². The highest BCUT2D eigenvalue weighted by atomic mass is 16.5. The Morgan fingerprint density at radius 3 is 2.26 bits per heavy atom. The second kappa shape index (κ2) is 7.68. The standard InChI is InChI=1S/C19H24N2O2/c1-5-23-17-11-9-16(10-12-17)20-15(4)19(22)21-18-13(2)7-6-8-14(18)3/h6-12,15,20H,5H2,1-4H3,(H,21,22). The van der Waals surface area contributed by atoms with Gasteiger partial charge in [0.25, 0.3) is 0 Å². The molecule has 2 aromatic carbocycles. The first-order valence-corrected chi connectivity index (χ1v) is 7.87. The lowest BCUT2D eigenvalue weighted by atomic mass is 10.1. The summed E-state index contributed by atoms with van der Waals surface area (Å²) in [6, 6.07) is 13.2. The maximum absolute atomic E-state index is 12.4. The minimum atomic E-state index is -0.341. The first-order chi connectivity index (χ1) is 11.0. The fraction of sp³-hybridized carbons (Fsp3) is 0.316. The summed E-state index contributed by atoms with van der Waals surface area (Å²) < 4.78 is 5.41. The number of nitrogens with one attached hydrogen (secondary N) is 2. The van der Waals surface area contributed by atoms with Crippen LogP contribution in [0.4, 0.5) is 11.4 Å². The van der Waals surface area contributed by atoms with Gasteiger partial charge in [-0.05, 0) is 63.1 Å². The van der Waals surface area contributed by atoms with Gasteiger partial charge < -0.3 is 15.4 Å². The molecule has 2 rings (SSSR count). The fourth-order valence-electron chi connectivity index (χ4n) is 2.37. The molecule has 0 aliphatic heterocycles. The van der Waals surface area contributed by atoms with E-state index in [4.69, 9.17) is 4.74 Å². The van der Waals surface area contributed by atoms with Gasteiger partial charge in [-0.2, -0.15) is 0 Å². The summed E-state index contributed by atoms with van der Waals surface area (Å²) in [6.07, 6.45) is 0. The summed E-state index contributed by atoms with van der Waals surface area (Å²) in [5.74, 6) is 0.766. The van der Waals surface area contributed by atoms with Crippen LogP contribution in [0.5, 0.6) is 5.75 Å². The normalized spacial score (nSPS) is 11.7. The Morgan fingerprint density at radius 2 is 1.70 bits per heavy atom. The lowest BCUT2D eigenvalue weighted by Crippen LogP contribution is -2.32. The third-order valence-corrected chi connectivity index (χ3v) is 3.67. The maximum atomic E-state index is 12.4. The van der Waals surface area contributed by atoms with Crippen LogP contribution in [0.25, 0.3) is 0 Å². The predicted molar refractivity (Wildman–Crippen MR) is 95.2 cm³/mol. The Labute approximate surface area is 137 Å². The third-order valence-electron chi connectivity index (χ3n) is 3.67. The predicted octanol–water partition coefficient (Wildman–Crippen LogP) is 4.14. The van der Waals surface area contributed by atoms with Crippen LogP contribution in [0.3, 0.4) is 0 Å². The monoisotopic (exact) mass is 312 g/mol. The van der Waals surface area contributed by atoms with Gasteiger partial charge in [0, 0.05) is 11.4 Å². The van der Waals surface area contributed by atoms with E-state index in [-0.39, 0.29) is 11.9 Å². The highest BCUT2D eigenvalue weighted by molar-refractivity contribution is 5.97. The molecule has 0 radical (unpaired) electrons. The van der Waals surface area contributed by atoms with Crippen LogP contribution in [-0.2, 0) is 4.79 Å². The molecule has 4 heteroatoms. The van der Waals surface area contributed by atoms with E-state index in [1.54, 1.807) is 0 Å². The van der Waals surface area contributed by atoms with Crippen molar-refractivity contribution in [3.8, 4) is 5.75 Å². The van der Waals surface area contributed by atoms with Gasteiger partial charge in [0.1, 0.15) is 11.8 Å². The van der Waals surface area contributed by atoms with Crippen molar-refractivity contribution in [1.82, 2.24) is 0 Å². The number of anilines is 2. The number of ether oxygens (including phenoxy) is 1. The molecule has 1 atom stereocenters. The van der Waals surface area contributed by atoms with Crippen molar-refractivity contribution in [2.45, 2.75) is 33.7 Å². The molecule has 1 amide bonds. The molecule has 0 spiro atoms. The lowest BCUT2D eigenvalue weighted by molar-refractivity contribution is -0.116. The molecule has 2 N–H and O–H groups in total. The minimum Gasteiger partial charge on any atom is -0.494 e. The van der Waals surface area contributed by atoms with Crippen molar-refractivity contribution < 1.29 is 9.53 Å². The summed E-state index contributed by atoms with van der Waals surface area (Å²) in [7, 11) is 0. The average molecular weight is 312 g/mol. The number of benzene rings is 2. The summed E-state index contributed by atoms with van der Waals surface area (Å²) in [6.45, 7) is 8.42. The smallest absolute Gasteiger partial charge is 0.246 e. The van der Waals surface area contributed by atoms with Gasteiger partial charge >= 0.3 is 0 Å². The Balaban J connectivity index is 1.99. The summed E-state index contributed by atoms with van der Waals surface area (Å²) >= 11 is 0. The molecule has 4 nitrogen and oxygen atoms in total. The van der Waals surface area contributed by atoms with Gasteiger partial charge in [0.05, 0.1) is 6.61 Å². The zero-order valence-electron chi connectivity index (χ0n) is 14.1. The Morgan fingerprint density at radius 1 is 1.09 bits per heavy atom. The third kappa shape index (κ3) is 4.49. The molecule has 0 aliphatic rings. The first kappa shape index (κ1) is 16.9. The van der Waals surface area contributed by atoms with E-state index in [0.717, 1.165) is 28.3 Å². The van der Waals surface area contributed by atoms with Crippen molar-refractivity contribution >= 4 is 17.3 Å². The SMILES string of the molecule is CCOc1ccc(NC(C)C(=O)Nc2c(C)cccc2C)cc1. The molecule has 0 bridgehead atoms. The van der Waals surface area contributed by atoms with E-state index < -0.39 is 0 Å². The van der Waals surface area contributed by atoms with Crippen LogP contribution in [0.1, 0.15) is 25.0 Å². The van der Waals surface area contributed by atoms with Gasteiger partial charge in [-0.15, -0.1) is 0 Å². The molecule has 1 unspecified atom stereocenters. The van der Waals surface area contributed by atoms with Crippen molar-refractivity contribution in [3.05, 3.63) is 53.6 Å². The van der Waals surface area contributed by atoms with E-state index in [1.165, 1.54) is 0 Å². The van der Waals surface area contributed by atoms with Gasteiger partial charge in [-0.1, -0.05) is 18.2 Å².